The highest BCUT2D eigenvalue weighted by Gasteiger charge is 2.33. The number of nitrogens with one attached hydrogen (secondary N) is 2. The number of hydrogen-bond acceptors (Lipinski definition) is 7. The lowest BCUT2D eigenvalue weighted by Gasteiger charge is -2.34. The van der Waals surface area contributed by atoms with E-state index < -0.39 is 21.9 Å². The molecule has 2 aliphatic rings. The standard InChI is InChI=1S/C25H33N3O6S2/c1-5-27-12-11-20-21(15-27)35-24(22(20)25(30)33-6-2)26-23(29)18-7-9-19(10-8-18)36(31,32)28-13-16(3)34-17(4)14-28/h7-10,16-17H,5-6,11-15H2,1-4H3,(H,26,29)/p+1. The zero-order chi connectivity index (χ0) is 26.0. The van der Waals surface area contributed by atoms with Crippen LogP contribution in [0.15, 0.2) is 29.2 Å². The molecule has 0 saturated carbocycles. The summed E-state index contributed by atoms with van der Waals surface area (Å²) >= 11 is 1.42. The summed E-state index contributed by atoms with van der Waals surface area (Å²) in [4.78, 5) is 28.5. The third-order valence-electron chi connectivity index (χ3n) is 6.58. The molecule has 2 N–H and O–H groups in total. The first kappa shape index (κ1) is 26.7. The number of nitrogens with zero attached hydrogens (tertiary/aromatic N) is 1. The minimum atomic E-state index is -3.70. The number of thiophene rings is 1. The number of fused-ring (bicyclic) bond motifs is 1. The molecule has 3 heterocycles. The molecule has 196 valence electrons. The molecule has 4 rings (SSSR count). The second-order valence-corrected chi connectivity index (χ2v) is 12.3. The number of anilines is 1. The van der Waals surface area contributed by atoms with Gasteiger partial charge in [-0.2, -0.15) is 4.31 Å². The van der Waals surface area contributed by atoms with Gasteiger partial charge in [0.25, 0.3) is 5.91 Å². The van der Waals surface area contributed by atoms with Gasteiger partial charge in [0.05, 0.1) is 47.2 Å². The lowest BCUT2D eigenvalue weighted by Crippen LogP contribution is -3.11. The van der Waals surface area contributed by atoms with Gasteiger partial charge in [-0.25, -0.2) is 13.2 Å². The van der Waals surface area contributed by atoms with Crippen molar-refractivity contribution in [3.63, 3.8) is 0 Å². The Balaban J connectivity index is 1.55. The van der Waals surface area contributed by atoms with Crippen LogP contribution in [0.2, 0.25) is 0 Å². The number of sulfonamides is 1. The van der Waals surface area contributed by atoms with Crippen LogP contribution in [0.25, 0.3) is 0 Å². The van der Waals surface area contributed by atoms with Crippen LogP contribution in [0.1, 0.15) is 58.9 Å². The molecule has 1 saturated heterocycles. The fourth-order valence-electron chi connectivity index (χ4n) is 4.78. The summed E-state index contributed by atoms with van der Waals surface area (Å²) in [5, 5.41) is 3.36. The zero-order valence-corrected chi connectivity index (χ0v) is 22.8. The monoisotopic (exact) mass is 536 g/mol. The molecule has 1 aromatic heterocycles. The van der Waals surface area contributed by atoms with E-state index in [4.69, 9.17) is 9.47 Å². The zero-order valence-electron chi connectivity index (χ0n) is 21.1. The van der Waals surface area contributed by atoms with E-state index in [0.717, 1.165) is 36.5 Å². The number of ether oxygens (including phenoxy) is 2. The van der Waals surface area contributed by atoms with Gasteiger partial charge in [0.2, 0.25) is 10.0 Å². The Morgan fingerprint density at radius 1 is 1.17 bits per heavy atom. The fourth-order valence-corrected chi connectivity index (χ4v) is 7.67. The molecule has 9 nitrogen and oxygen atoms in total. The first-order valence-electron chi connectivity index (χ1n) is 12.4. The molecule has 0 radical (unpaired) electrons. The van der Waals surface area contributed by atoms with Crippen molar-refractivity contribution in [2.45, 2.75) is 57.8 Å². The van der Waals surface area contributed by atoms with E-state index in [1.165, 1.54) is 44.8 Å². The largest absolute Gasteiger partial charge is 0.462 e. The SMILES string of the molecule is CCOC(=O)c1c(NC(=O)c2ccc(S(=O)(=O)N3CC(C)OC(C)C3)cc2)sc2c1CC[NH+](CC)C2. The van der Waals surface area contributed by atoms with E-state index in [1.54, 1.807) is 6.92 Å². The average molecular weight is 537 g/mol. The lowest BCUT2D eigenvalue weighted by atomic mass is 10.0. The van der Waals surface area contributed by atoms with E-state index in [1.807, 2.05) is 13.8 Å². The first-order valence-corrected chi connectivity index (χ1v) is 14.6. The molecule has 0 aliphatic carbocycles. The summed E-state index contributed by atoms with van der Waals surface area (Å²) in [7, 11) is -3.70. The number of amides is 1. The number of benzene rings is 1. The van der Waals surface area contributed by atoms with Crippen molar-refractivity contribution in [2.24, 2.45) is 0 Å². The normalized spacial score (nSPS) is 22.6. The van der Waals surface area contributed by atoms with E-state index in [-0.39, 0.29) is 36.8 Å². The van der Waals surface area contributed by atoms with Crippen LogP contribution in [0.4, 0.5) is 5.00 Å². The number of likely N-dealkylation sites (N-methyl/N-ethyl adjacent to an activating group) is 1. The Morgan fingerprint density at radius 2 is 1.83 bits per heavy atom. The van der Waals surface area contributed by atoms with Crippen LogP contribution in [-0.4, -0.2) is 69.6 Å². The van der Waals surface area contributed by atoms with E-state index >= 15 is 0 Å². The molecule has 11 heteroatoms. The molecule has 1 aromatic carbocycles. The highest BCUT2D eigenvalue weighted by Crippen LogP contribution is 2.35. The fraction of sp³-hybridized carbons (Fsp3) is 0.520. The molecule has 0 bridgehead atoms. The highest BCUT2D eigenvalue weighted by atomic mass is 32.2. The molecular weight excluding hydrogens is 502 g/mol. The molecule has 36 heavy (non-hydrogen) atoms. The van der Waals surface area contributed by atoms with Crippen LogP contribution in [0, 0.1) is 0 Å². The minimum Gasteiger partial charge on any atom is -0.462 e. The Kier molecular flexibility index (Phi) is 8.15. The van der Waals surface area contributed by atoms with Crippen LogP contribution in [-0.2, 0) is 32.5 Å². The molecule has 1 amide bonds. The van der Waals surface area contributed by atoms with E-state index in [9.17, 15) is 18.0 Å². The highest BCUT2D eigenvalue weighted by molar-refractivity contribution is 7.89. The third-order valence-corrected chi connectivity index (χ3v) is 9.57. The average Bonchev–Trinajstić information content (AvgIpc) is 3.20. The number of carbonyl (C=O) groups excluding carboxylic acids is 2. The second-order valence-electron chi connectivity index (χ2n) is 9.27. The van der Waals surface area contributed by atoms with E-state index in [2.05, 4.69) is 12.2 Å². The molecule has 2 aromatic rings. The lowest BCUT2D eigenvalue weighted by molar-refractivity contribution is -0.913. The summed E-state index contributed by atoms with van der Waals surface area (Å²) in [5.74, 6) is -0.836. The minimum absolute atomic E-state index is 0.127. The van der Waals surface area contributed by atoms with Gasteiger partial charge >= 0.3 is 5.97 Å². The van der Waals surface area contributed by atoms with Gasteiger partial charge in [-0.05, 0) is 57.5 Å². The molecule has 0 spiro atoms. The van der Waals surface area contributed by atoms with Crippen molar-refractivity contribution in [1.29, 1.82) is 0 Å². The van der Waals surface area contributed by atoms with Crippen LogP contribution >= 0.6 is 11.3 Å². The quantitative estimate of drug-likeness (QED) is 0.524. The molecule has 2 aliphatic heterocycles. The summed E-state index contributed by atoms with van der Waals surface area (Å²) < 4.78 is 38.6. The van der Waals surface area contributed by atoms with Gasteiger partial charge in [0.15, 0.2) is 0 Å². The number of rotatable bonds is 7. The van der Waals surface area contributed by atoms with Crippen LogP contribution in [0.5, 0.6) is 0 Å². The maximum absolute atomic E-state index is 13.1. The van der Waals surface area contributed by atoms with Crippen molar-refractivity contribution in [3.05, 3.63) is 45.8 Å². The Labute approximate surface area is 216 Å². The van der Waals surface area contributed by atoms with E-state index in [0.29, 0.717) is 16.1 Å². The predicted molar refractivity (Wildman–Crippen MR) is 137 cm³/mol. The topological polar surface area (TPSA) is 106 Å². The summed E-state index contributed by atoms with van der Waals surface area (Å²) in [6.45, 7) is 11.1. The molecular formula is C25H34N3O6S2+. The van der Waals surface area contributed by atoms with Crippen LogP contribution < -0.4 is 10.2 Å². The van der Waals surface area contributed by atoms with Crippen molar-refractivity contribution in [1.82, 2.24) is 4.31 Å². The second kappa shape index (κ2) is 11.0. The van der Waals surface area contributed by atoms with Gasteiger partial charge in [0.1, 0.15) is 11.5 Å². The van der Waals surface area contributed by atoms with Crippen molar-refractivity contribution >= 4 is 38.2 Å². The van der Waals surface area contributed by atoms with Crippen molar-refractivity contribution in [2.75, 3.05) is 38.1 Å². The Bertz CT molecular complexity index is 1220. The summed E-state index contributed by atoms with van der Waals surface area (Å²) in [6.07, 6.45) is 0.374. The Morgan fingerprint density at radius 3 is 2.44 bits per heavy atom. The summed E-state index contributed by atoms with van der Waals surface area (Å²) in [5.41, 5.74) is 1.70. The van der Waals surface area contributed by atoms with Gasteiger partial charge in [0, 0.05) is 25.1 Å². The first-order chi connectivity index (χ1) is 17.1. The molecule has 3 unspecified atom stereocenters. The van der Waals surface area contributed by atoms with Gasteiger partial charge in [-0.15, -0.1) is 11.3 Å². The number of hydrogen-bond donors (Lipinski definition) is 2. The third kappa shape index (κ3) is 5.50. The van der Waals surface area contributed by atoms with Gasteiger partial charge < -0.3 is 19.7 Å². The maximum atomic E-state index is 13.1. The Hall–Kier alpha value is -2.31. The number of esters is 1. The molecule has 1 fully saturated rings. The van der Waals surface area contributed by atoms with Crippen molar-refractivity contribution < 1.29 is 32.4 Å². The number of quaternary nitrogens is 1. The molecule has 3 atom stereocenters. The smallest absolute Gasteiger partial charge is 0.341 e. The maximum Gasteiger partial charge on any atom is 0.341 e. The summed E-state index contributed by atoms with van der Waals surface area (Å²) in [6, 6.07) is 5.89. The number of morpholine rings is 1. The predicted octanol–water partition coefficient (Wildman–Crippen LogP) is 1.94. The van der Waals surface area contributed by atoms with Crippen molar-refractivity contribution in [3.8, 4) is 0 Å². The number of carbonyl (C=O) groups is 2. The van der Waals surface area contributed by atoms with Gasteiger partial charge in [-0.3, -0.25) is 4.79 Å². The van der Waals surface area contributed by atoms with Crippen LogP contribution in [0.3, 0.4) is 0 Å². The van der Waals surface area contributed by atoms with Gasteiger partial charge in [-0.1, -0.05) is 0 Å².